The van der Waals surface area contributed by atoms with Crippen molar-refractivity contribution in [3.8, 4) is 0 Å². The summed E-state index contributed by atoms with van der Waals surface area (Å²) in [5, 5.41) is 22.1. The van der Waals surface area contributed by atoms with Gasteiger partial charge in [-0.2, -0.15) is 0 Å². The Kier molecular flexibility index (Phi) is 29.4. The highest BCUT2D eigenvalue weighted by Crippen LogP contribution is 2.23. The molecule has 94 heavy (non-hydrogen) atoms. The van der Waals surface area contributed by atoms with Gasteiger partial charge in [0.05, 0.1) is 6.04 Å². The molecular weight excluding hydrogens is 1200 g/mol. The molecule has 6 aromatic rings. The smallest absolute Gasteiger partial charge is 0.243 e. The lowest BCUT2D eigenvalue weighted by molar-refractivity contribution is -0.135. The van der Waals surface area contributed by atoms with Crippen LogP contribution < -0.4 is 83.1 Å². The Hall–Kier alpha value is -10.2. The van der Waals surface area contributed by atoms with Gasteiger partial charge in [-0.1, -0.05) is 87.2 Å². The number of nitrogens with one attached hydrogen (secondary N) is 10. The summed E-state index contributed by atoms with van der Waals surface area (Å²) in [5.41, 5.74) is 50.1. The largest absolute Gasteiger partial charge is 0.370 e. The van der Waals surface area contributed by atoms with Crippen LogP contribution in [-0.2, 0) is 57.6 Å². The van der Waals surface area contributed by atoms with Crippen LogP contribution >= 0.6 is 0 Å². The molecule has 3 aromatic carbocycles. The van der Waals surface area contributed by atoms with Crippen molar-refractivity contribution < 1.29 is 38.4 Å². The summed E-state index contributed by atoms with van der Waals surface area (Å²) >= 11 is 0. The van der Waals surface area contributed by atoms with Crippen molar-refractivity contribution in [3.05, 3.63) is 108 Å². The molecule has 0 aliphatic heterocycles. The van der Waals surface area contributed by atoms with Crippen molar-refractivity contribution in [3.63, 3.8) is 0 Å². The lowest BCUT2D eigenvalue weighted by Gasteiger charge is -2.28. The molecule has 29 heteroatoms. The topological polar surface area (TPSA) is 513 Å². The average Bonchev–Trinajstić information content (AvgIpc) is 1.67. The number of unbranched alkanes of at least 4 members (excludes halogenated alkanes) is 5. The van der Waals surface area contributed by atoms with Gasteiger partial charge in [0, 0.05) is 103 Å². The van der Waals surface area contributed by atoms with E-state index in [2.05, 4.69) is 74.1 Å². The molecule has 0 spiro atoms. The number of H-pyrrole nitrogens is 3. The number of hydrogen-bond donors (Lipinski definition) is 18. The average molecular weight is 1300 g/mol. The molecule has 6 rings (SSSR count). The Morgan fingerprint density at radius 2 is 0.755 bits per heavy atom. The number of para-hydroxylation sites is 3. The summed E-state index contributed by atoms with van der Waals surface area (Å²) < 4.78 is 0. The first-order valence-electron chi connectivity index (χ1n) is 32.2. The van der Waals surface area contributed by atoms with Crippen LogP contribution in [0.2, 0.25) is 0 Å². The number of carbonyl (C=O) groups is 8. The lowest BCUT2D eigenvalue weighted by Crippen LogP contribution is -2.60. The summed E-state index contributed by atoms with van der Waals surface area (Å²) in [6.45, 7) is 2.79. The SMILES string of the molecule is CCCCCCCC(=O)NCCCC[C@H](NC(=O)[C@H](Cc1c[nH]c2ccccc12)NC(=O)[C@H](CCCN=C(N)N)NC(=O)[C@H](Cc1c[nH]c2ccccc12)NC(=O)[C@@H](CCCN=C(N)N)NC(=O)[C@@H](Cc1c[nH]c2ccccc12)NC(=O)[C@H](N)CCCN=C(N)N)C(N)=O. The van der Waals surface area contributed by atoms with Crippen molar-refractivity contribution in [2.24, 2.45) is 60.8 Å². The molecule has 8 amide bonds. The Labute approximate surface area is 546 Å². The molecule has 508 valence electrons. The highest BCUT2D eigenvalue weighted by Gasteiger charge is 2.35. The van der Waals surface area contributed by atoms with Crippen molar-refractivity contribution in [1.82, 2.24) is 52.2 Å². The van der Waals surface area contributed by atoms with Crippen LogP contribution in [0.1, 0.15) is 120 Å². The van der Waals surface area contributed by atoms with E-state index in [1.165, 1.54) is 0 Å². The van der Waals surface area contributed by atoms with Gasteiger partial charge in [-0.25, -0.2) is 0 Å². The number of hydrogen-bond acceptors (Lipinski definition) is 12. The number of fused-ring (bicyclic) bond motifs is 3. The maximum absolute atomic E-state index is 15.2. The molecule has 0 aliphatic carbocycles. The summed E-state index contributed by atoms with van der Waals surface area (Å²) in [6.07, 6.45) is 12.1. The number of aromatic amines is 3. The molecule has 26 N–H and O–H groups in total. The Morgan fingerprint density at radius 1 is 0.404 bits per heavy atom. The number of rotatable bonds is 42. The second-order valence-electron chi connectivity index (χ2n) is 23.4. The van der Waals surface area contributed by atoms with E-state index in [9.17, 15) is 24.0 Å². The molecule has 0 fully saturated rings. The van der Waals surface area contributed by atoms with E-state index in [-0.39, 0.29) is 101 Å². The van der Waals surface area contributed by atoms with Gasteiger partial charge in [0.1, 0.15) is 36.3 Å². The molecule has 0 saturated carbocycles. The van der Waals surface area contributed by atoms with E-state index in [4.69, 9.17) is 45.9 Å². The number of nitrogens with two attached hydrogens (primary N) is 8. The fourth-order valence-corrected chi connectivity index (χ4v) is 11.0. The Balaban J connectivity index is 1.28. The van der Waals surface area contributed by atoms with E-state index in [0.717, 1.165) is 64.8 Å². The first-order valence-corrected chi connectivity index (χ1v) is 32.2. The Bertz CT molecular complexity index is 3560. The quantitative estimate of drug-likeness (QED) is 0.0142. The second-order valence-corrected chi connectivity index (χ2v) is 23.4. The van der Waals surface area contributed by atoms with Crippen LogP contribution in [0.5, 0.6) is 0 Å². The van der Waals surface area contributed by atoms with Gasteiger partial charge in [-0.15, -0.1) is 0 Å². The second kappa shape index (κ2) is 38.0. The van der Waals surface area contributed by atoms with E-state index < -0.39 is 83.6 Å². The van der Waals surface area contributed by atoms with Crippen molar-refractivity contribution >= 4 is 97.8 Å². The third-order valence-corrected chi connectivity index (χ3v) is 16.1. The molecule has 0 radical (unpaired) electrons. The monoisotopic (exact) mass is 1300 g/mol. The molecule has 0 unspecified atom stereocenters. The number of benzene rings is 3. The minimum absolute atomic E-state index is 0.0358. The predicted molar refractivity (Wildman–Crippen MR) is 365 cm³/mol. The van der Waals surface area contributed by atoms with Crippen LogP contribution in [0, 0.1) is 0 Å². The number of amides is 8. The minimum Gasteiger partial charge on any atom is -0.370 e. The van der Waals surface area contributed by atoms with Crippen molar-refractivity contribution in [1.29, 1.82) is 0 Å². The third kappa shape index (κ3) is 23.8. The zero-order chi connectivity index (χ0) is 67.9. The van der Waals surface area contributed by atoms with Crippen LogP contribution in [0.3, 0.4) is 0 Å². The summed E-state index contributed by atoms with van der Waals surface area (Å²) in [4.78, 5) is 136. The minimum atomic E-state index is -1.46. The van der Waals surface area contributed by atoms with E-state index >= 15 is 14.4 Å². The molecule has 0 bridgehead atoms. The first-order chi connectivity index (χ1) is 45.2. The molecule has 29 nitrogen and oxygen atoms in total. The zero-order valence-electron chi connectivity index (χ0n) is 53.5. The van der Waals surface area contributed by atoms with Gasteiger partial charge in [0.15, 0.2) is 17.9 Å². The van der Waals surface area contributed by atoms with E-state index in [1.807, 2.05) is 72.8 Å². The standard InChI is InChI=1S/C65H95N21O8/c1-2-3-4-5-6-28-55(87)74-29-14-13-25-49(56(67)88)81-60(92)53(34-40-37-79-47-23-11-8-19-43(40)47)85-58(90)51(27-17-32-77-65(72)73)83-62(94)54(35-41-38-80-48-24-12-9-20-44(41)48)86-59(91)50(26-16-31-76-64(70)71)82-61(93)52(33-39-36-78-46-22-10-7-18-42(39)46)84-57(89)45(66)21-15-30-75-63(68)69/h7-12,18-20,22-24,36-38,45,49-54,78-80H,2-6,13-17,21,25-35,66H2,1H3,(H2,67,88)(H,74,87)(H,81,92)(H,82,93)(H,83,94)(H,84,89)(H,85,90)(H,86,91)(H4,68,69,75)(H4,70,71,76)(H4,72,73,77)/t45-,49+,50-,51+,52-,53+,54+/m1/s1. The van der Waals surface area contributed by atoms with Gasteiger partial charge < -0.3 is 98.0 Å². The number of primary amides is 1. The summed E-state index contributed by atoms with van der Waals surface area (Å²) in [6, 6.07) is 12.9. The third-order valence-electron chi connectivity index (χ3n) is 16.1. The van der Waals surface area contributed by atoms with Gasteiger partial charge >= 0.3 is 0 Å². The number of aromatic nitrogens is 3. The van der Waals surface area contributed by atoms with Crippen LogP contribution in [0.4, 0.5) is 0 Å². The maximum atomic E-state index is 15.2. The Morgan fingerprint density at radius 3 is 1.16 bits per heavy atom. The molecule has 7 atom stereocenters. The predicted octanol–water partition coefficient (Wildman–Crippen LogP) is 0.688. The maximum Gasteiger partial charge on any atom is 0.243 e. The first kappa shape index (κ1) is 72.9. The highest BCUT2D eigenvalue weighted by molar-refractivity contribution is 5.99. The van der Waals surface area contributed by atoms with Gasteiger partial charge in [-0.3, -0.25) is 53.3 Å². The zero-order valence-corrected chi connectivity index (χ0v) is 53.5. The molecule has 3 aromatic heterocycles. The fraction of sp³-hybridized carbons (Fsp3) is 0.462. The lowest BCUT2D eigenvalue weighted by atomic mass is 10.0. The summed E-state index contributed by atoms with van der Waals surface area (Å²) in [5.74, 6) is -6.03. The number of nitrogens with zero attached hydrogens (tertiary/aromatic N) is 3. The van der Waals surface area contributed by atoms with Gasteiger partial charge in [0.25, 0.3) is 0 Å². The summed E-state index contributed by atoms with van der Waals surface area (Å²) in [7, 11) is 0. The number of guanidine groups is 3. The highest BCUT2D eigenvalue weighted by atomic mass is 16.2. The fourth-order valence-electron chi connectivity index (χ4n) is 11.0. The molecule has 3 heterocycles. The normalized spacial score (nSPS) is 13.4. The van der Waals surface area contributed by atoms with Gasteiger partial charge in [0.2, 0.25) is 47.3 Å². The number of carbonyl (C=O) groups excluding carboxylic acids is 8. The number of aliphatic imine (C=N–C) groups is 3. The molecule has 0 aliphatic rings. The molecule has 0 saturated heterocycles. The van der Waals surface area contributed by atoms with E-state index in [1.54, 1.807) is 18.6 Å². The molecular formula is C65H95N21O8. The van der Waals surface area contributed by atoms with Crippen molar-refractivity contribution in [2.75, 3.05) is 26.2 Å². The van der Waals surface area contributed by atoms with Crippen LogP contribution in [-0.4, -0.2) is 149 Å². The van der Waals surface area contributed by atoms with Gasteiger partial charge in [-0.05, 0) is 99.1 Å². The van der Waals surface area contributed by atoms with Crippen molar-refractivity contribution in [2.45, 2.75) is 165 Å². The van der Waals surface area contributed by atoms with Crippen LogP contribution in [0.15, 0.2) is 106 Å². The van der Waals surface area contributed by atoms with E-state index in [0.29, 0.717) is 48.9 Å². The van der Waals surface area contributed by atoms with Crippen LogP contribution in [0.25, 0.3) is 32.7 Å².